The Morgan fingerprint density at radius 2 is 1.11 bits per heavy atom. The average Bonchev–Trinajstić information content (AvgIpc) is 2.24. The number of hydrogen-bond acceptors (Lipinski definition) is 7. The van der Waals surface area contributed by atoms with Crippen molar-refractivity contribution in [3.8, 4) is 0 Å². The third-order valence-electron chi connectivity index (χ3n) is 1.80. The molecule has 0 amide bonds. The van der Waals surface area contributed by atoms with Crippen LogP contribution < -0.4 is 0 Å². The van der Waals surface area contributed by atoms with Crippen molar-refractivity contribution < 1.29 is 22.7 Å². The van der Waals surface area contributed by atoms with Gasteiger partial charge in [-0.05, 0) is 41.5 Å². The van der Waals surface area contributed by atoms with E-state index in [-0.39, 0.29) is 23.8 Å². The van der Waals surface area contributed by atoms with Crippen LogP contribution in [-0.2, 0) is 22.7 Å². The lowest BCUT2D eigenvalue weighted by Crippen LogP contribution is -2.23. The van der Waals surface area contributed by atoms with Crippen molar-refractivity contribution in [2.75, 3.05) is 11.9 Å². The van der Waals surface area contributed by atoms with E-state index in [2.05, 4.69) is 0 Å². The van der Waals surface area contributed by atoms with Crippen LogP contribution in [0.25, 0.3) is 0 Å². The summed E-state index contributed by atoms with van der Waals surface area (Å²) in [5.74, 6) is -0.354. The van der Waals surface area contributed by atoms with Gasteiger partial charge in [-0.1, -0.05) is 0 Å². The minimum atomic E-state index is -0.518. The maximum atomic E-state index is 11.4. The predicted octanol–water partition coefficient (Wildman–Crippen LogP) is 3.39. The fraction of sp³-hybridized carbons (Fsp3) is 0.833. The van der Waals surface area contributed by atoms with Gasteiger partial charge >= 0.3 is 11.9 Å². The summed E-state index contributed by atoms with van der Waals surface area (Å²) in [6.45, 7) is 10.7. The second kappa shape index (κ2) is 8.01. The number of ether oxygens (including phenoxy) is 2. The Kier molecular flexibility index (Phi) is 7.85. The molecule has 0 radical (unpaired) electrons. The zero-order chi connectivity index (χ0) is 15.1. The maximum absolute atomic E-state index is 11.4. The van der Waals surface area contributed by atoms with E-state index >= 15 is 0 Å². The van der Waals surface area contributed by atoms with Crippen LogP contribution in [0.15, 0.2) is 0 Å². The number of carbonyl (C=O) groups is 2. The van der Waals surface area contributed by atoms with Gasteiger partial charge in [-0.3, -0.25) is 9.59 Å². The zero-order valence-corrected chi connectivity index (χ0v) is 13.9. The molecule has 0 aliphatic rings. The molecule has 0 fully saturated rings. The molecule has 7 heteroatoms. The van der Waals surface area contributed by atoms with E-state index < -0.39 is 10.8 Å². The first kappa shape index (κ1) is 18.6. The minimum absolute atomic E-state index is 0.107. The van der Waals surface area contributed by atoms with Crippen LogP contribution in [0.5, 0.6) is 0 Å². The van der Waals surface area contributed by atoms with Crippen LogP contribution in [0.2, 0.25) is 0 Å². The Balaban J connectivity index is 3.53. The lowest BCUT2D eigenvalue weighted by molar-refractivity contribution is -0.151. The molecule has 0 aliphatic carbocycles. The van der Waals surface area contributed by atoms with Crippen molar-refractivity contribution in [2.45, 2.75) is 41.5 Å². The van der Waals surface area contributed by atoms with E-state index in [1.54, 1.807) is 41.5 Å². The summed E-state index contributed by atoms with van der Waals surface area (Å²) in [5, 5.41) is 0. The Morgan fingerprint density at radius 3 is 1.37 bits per heavy atom. The van der Waals surface area contributed by atoms with Crippen LogP contribution in [-0.4, -0.2) is 23.8 Å². The highest BCUT2D eigenvalue weighted by Crippen LogP contribution is 2.21. The van der Waals surface area contributed by atoms with Gasteiger partial charge in [0.2, 0.25) is 0 Å². The third kappa shape index (κ3) is 9.18. The fourth-order valence-electron chi connectivity index (χ4n) is 0.661. The summed E-state index contributed by atoms with van der Waals surface area (Å²) < 4.78 is 15.0. The molecule has 0 aromatic heterocycles. The highest BCUT2D eigenvalue weighted by Gasteiger charge is 2.23. The fourth-order valence-corrected chi connectivity index (χ4v) is 1.56. The van der Waals surface area contributed by atoms with Crippen LogP contribution in [0.1, 0.15) is 41.5 Å². The molecule has 0 atom stereocenters. The summed E-state index contributed by atoms with van der Waals surface area (Å²) in [4.78, 5) is 22.8. The van der Waals surface area contributed by atoms with Gasteiger partial charge < -0.3 is 9.47 Å². The van der Waals surface area contributed by atoms with Crippen molar-refractivity contribution in [3.05, 3.63) is 0 Å². The van der Waals surface area contributed by atoms with Crippen molar-refractivity contribution in [1.82, 2.24) is 0 Å². The van der Waals surface area contributed by atoms with Crippen molar-refractivity contribution in [1.29, 1.82) is 0 Å². The molecule has 19 heavy (non-hydrogen) atoms. The van der Waals surface area contributed by atoms with E-state index in [4.69, 9.17) is 13.1 Å². The lowest BCUT2D eigenvalue weighted by atomic mass is 9.98. The SMILES string of the molecule is CC(C)(C)C(=O)OCSOSCOC(=O)C(C)(C)C. The number of hydrogen-bond donors (Lipinski definition) is 0. The molecule has 0 saturated heterocycles. The zero-order valence-electron chi connectivity index (χ0n) is 12.3. The highest BCUT2D eigenvalue weighted by atomic mass is 32.2. The first-order valence-electron chi connectivity index (χ1n) is 5.80. The molecule has 0 spiro atoms. The van der Waals surface area contributed by atoms with E-state index in [9.17, 15) is 9.59 Å². The molecule has 0 aromatic carbocycles. The summed E-state index contributed by atoms with van der Waals surface area (Å²) in [7, 11) is 0. The quantitative estimate of drug-likeness (QED) is 0.322. The van der Waals surface area contributed by atoms with Crippen molar-refractivity contribution >= 4 is 36.0 Å². The van der Waals surface area contributed by atoms with Gasteiger partial charge in [0.05, 0.1) is 10.8 Å². The molecule has 0 bridgehead atoms. The molecule has 0 N–H and O–H groups in total. The molecular formula is C12H22O5S2. The molecule has 0 rings (SSSR count). The molecule has 0 aliphatic heterocycles. The van der Waals surface area contributed by atoms with E-state index in [0.29, 0.717) is 0 Å². The molecule has 5 nitrogen and oxygen atoms in total. The predicted molar refractivity (Wildman–Crippen MR) is 77.1 cm³/mol. The second-order valence-electron chi connectivity index (χ2n) is 5.90. The monoisotopic (exact) mass is 310 g/mol. The highest BCUT2D eigenvalue weighted by molar-refractivity contribution is 8.07. The topological polar surface area (TPSA) is 61.8 Å². The molecule has 0 unspecified atom stereocenters. The normalized spacial score (nSPS) is 12.1. The second-order valence-corrected chi connectivity index (χ2v) is 7.39. The summed E-state index contributed by atoms with van der Waals surface area (Å²) in [6.07, 6.45) is 0. The van der Waals surface area contributed by atoms with Gasteiger partial charge in [0.25, 0.3) is 0 Å². The third-order valence-corrected chi connectivity index (χ3v) is 3.00. The first-order valence-corrected chi connectivity index (χ1v) is 7.63. The Labute approximate surface area is 123 Å². The van der Waals surface area contributed by atoms with Gasteiger partial charge in [0.1, 0.15) is 0 Å². The van der Waals surface area contributed by atoms with Gasteiger partial charge in [-0.25, -0.2) is 3.63 Å². The number of esters is 2. The Bertz CT molecular complexity index is 274. The van der Waals surface area contributed by atoms with Crippen molar-refractivity contribution in [2.24, 2.45) is 10.8 Å². The lowest BCUT2D eigenvalue weighted by Gasteiger charge is -2.16. The van der Waals surface area contributed by atoms with Crippen LogP contribution >= 0.6 is 24.1 Å². The first-order chi connectivity index (χ1) is 8.55. The van der Waals surface area contributed by atoms with Gasteiger partial charge in [0.15, 0.2) is 11.9 Å². The van der Waals surface area contributed by atoms with E-state index in [1.165, 1.54) is 0 Å². The smallest absolute Gasteiger partial charge is 0.312 e. The number of carbonyl (C=O) groups excluding carboxylic acids is 2. The molecule has 0 aromatic rings. The standard InChI is InChI=1S/C12H22O5S2/c1-11(2,3)9(13)15-7-18-17-19-8-16-10(14)12(4,5)6/h7-8H2,1-6H3. The van der Waals surface area contributed by atoms with Crippen LogP contribution in [0.3, 0.4) is 0 Å². The summed E-state index contributed by atoms with van der Waals surface area (Å²) >= 11 is 1.97. The molecular weight excluding hydrogens is 288 g/mol. The number of rotatable bonds is 6. The summed E-state index contributed by atoms with van der Waals surface area (Å²) in [6, 6.07) is 0. The van der Waals surface area contributed by atoms with Gasteiger partial charge in [0, 0.05) is 24.1 Å². The van der Waals surface area contributed by atoms with Crippen molar-refractivity contribution in [3.63, 3.8) is 0 Å². The molecule has 0 saturated carbocycles. The van der Waals surface area contributed by atoms with Gasteiger partial charge in [-0.2, -0.15) is 0 Å². The molecule has 112 valence electrons. The van der Waals surface area contributed by atoms with Crippen LogP contribution in [0, 0.1) is 10.8 Å². The minimum Gasteiger partial charge on any atom is -0.452 e. The van der Waals surface area contributed by atoms with E-state index in [1.807, 2.05) is 0 Å². The van der Waals surface area contributed by atoms with Gasteiger partial charge in [-0.15, -0.1) is 0 Å². The average molecular weight is 310 g/mol. The summed E-state index contributed by atoms with van der Waals surface area (Å²) in [5.41, 5.74) is -1.04. The Hall–Kier alpha value is -0.400. The largest absolute Gasteiger partial charge is 0.452 e. The maximum Gasteiger partial charge on any atom is 0.312 e. The molecule has 0 heterocycles. The van der Waals surface area contributed by atoms with E-state index in [0.717, 1.165) is 24.1 Å². The van der Waals surface area contributed by atoms with Crippen LogP contribution in [0.4, 0.5) is 0 Å². The Morgan fingerprint density at radius 1 is 0.789 bits per heavy atom.